The molecule has 0 saturated heterocycles. The zero-order valence-corrected chi connectivity index (χ0v) is 9.03. The van der Waals surface area contributed by atoms with Crippen molar-refractivity contribution in [3.05, 3.63) is 47.7 Å². The molecule has 1 aliphatic carbocycles. The Bertz CT molecular complexity index is 391. The Morgan fingerprint density at radius 1 is 1.47 bits per heavy atom. The minimum atomic E-state index is 0.904. The van der Waals surface area contributed by atoms with Gasteiger partial charge in [-0.2, -0.15) is 0 Å². The maximum Gasteiger partial charge on any atom is 0.126 e. The molecule has 0 saturated carbocycles. The highest BCUT2D eigenvalue weighted by Gasteiger charge is 2.00. The van der Waals surface area contributed by atoms with E-state index >= 15 is 0 Å². The summed E-state index contributed by atoms with van der Waals surface area (Å²) in [6, 6.07) is 4.08. The molecule has 2 rings (SSSR count). The lowest BCUT2D eigenvalue weighted by Crippen LogP contribution is -2.07. The molecule has 0 aliphatic heterocycles. The van der Waals surface area contributed by atoms with Crippen molar-refractivity contribution in [1.29, 1.82) is 0 Å². The van der Waals surface area contributed by atoms with Crippen LogP contribution in [0.3, 0.4) is 0 Å². The summed E-state index contributed by atoms with van der Waals surface area (Å²) < 4.78 is 0. The molecule has 1 heterocycles. The smallest absolute Gasteiger partial charge is 0.126 e. The van der Waals surface area contributed by atoms with Crippen molar-refractivity contribution in [2.24, 2.45) is 0 Å². The third-order valence-electron chi connectivity index (χ3n) is 2.51. The van der Waals surface area contributed by atoms with Crippen LogP contribution in [-0.2, 0) is 0 Å². The summed E-state index contributed by atoms with van der Waals surface area (Å²) >= 11 is 0. The second kappa shape index (κ2) is 4.78. The normalized spacial score (nSPS) is 14.9. The highest BCUT2D eigenvalue weighted by atomic mass is 15.0. The van der Waals surface area contributed by atoms with E-state index in [0.29, 0.717) is 0 Å². The third kappa shape index (κ3) is 2.94. The highest BCUT2D eigenvalue weighted by molar-refractivity contribution is 5.39. The predicted octanol–water partition coefficient (Wildman–Crippen LogP) is 3.08. The van der Waals surface area contributed by atoms with Crippen LogP contribution in [0.15, 0.2) is 42.1 Å². The number of hydrogen-bond donors (Lipinski definition) is 1. The van der Waals surface area contributed by atoms with Crippen molar-refractivity contribution in [2.45, 2.75) is 19.8 Å². The van der Waals surface area contributed by atoms with Crippen molar-refractivity contribution >= 4 is 5.82 Å². The minimum absolute atomic E-state index is 0.904. The molecule has 1 N–H and O–H groups in total. The van der Waals surface area contributed by atoms with E-state index in [0.717, 1.165) is 25.2 Å². The summed E-state index contributed by atoms with van der Waals surface area (Å²) in [5, 5.41) is 3.34. The molecule has 15 heavy (non-hydrogen) atoms. The molecule has 1 aromatic rings. The van der Waals surface area contributed by atoms with Gasteiger partial charge >= 0.3 is 0 Å². The second-order valence-electron chi connectivity index (χ2n) is 3.86. The quantitative estimate of drug-likeness (QED) is 0.811. The molecular weight excluding hydrogens is 184 g/mol. The van der Waals surface area contributed by atoms with E-state index in [2.05, 4.69) is 41.5 Å². The van der Waals surface area contributed by atoms with E-state index in [1.807, 2.05) is 12.3 Å². The lowest BCUT2D eigenvalue weighted by atomic mass is 10.1. The van der Waals surface area contributed by atoms with Gasteiger partial charge in [0, 0.05) is 12.7 Å². The zero-order valence-electron chi connectivity index (χ0n) is 9.03. The van der Waals surface area contributed by atoms with Gasteiger partial charge in [0.15, 0.2) is 0 Å². The van der Waals surface area contributed by atoms with Crippen molar-refractivity contribution in [3.63, 3.8) is 0 Å². The average molecular weight is 200 g/mol. The summed E-state index contributed by atoms with van der Waals surface area (Å²) in [5.41, 5.74) is 2.69. The van der Waals surface area contributed by atoms with Gasteiger partial charge in [0.05, 0.1) is 0 Å². The molecule has 2 heteroatoms. The van der Waals surface area contributed by atoms with Gasteiger partial charge < -0.3 is 5.32 Å². The van der Waals surface area contributed by atoms with Crippen LogP contribution in [0.4, 0.5) is 5.82 Å². The number of aryl methyl sites for hydroxylation is 1. The Labute approximate surface area is 90.7 Å². The first-order valence-corrected chi connectivity index (χ1v) is 5.36. The van der Waals surface area contributed by atoms with E-state index in [4.69, 9.17) is 0 Å². The van der Waals surface area contributed by atoms with Crippen molar-refractivity contribution in [2.75, 3.05) is 11.9 Å². The number of nitrogens with one attached hydrogen (secondary N) is 1. The van der Waals surface area contributed by atoms with Gasteiger partial charge in [-0.1, -0.05) is 23.8 Å². The van der Waals surface area contributed by atoms with Gasteiger partial charge in [-0.05, 0) is 37.5 Å². The van der Waals surface area contributed by atoms with Crippen molar-refractivity contribution in [1.82, 2.24) is 4.98 Å². The van der Waals surface area contributed by atoms with Gasteiger partial charge in [0.1, 0.15) is 5.82 Å². The zero-order chi connectivity index (χ0) is 10.5. The van der Waals surface area contributed by atoms with E-state index in [9.17, 15) is 0 Å². The Morgan fingerprint density at radius 3 is 3.13 bits per heavy atom. The fourth-order valence-corrected chi connectivity index (χ4v) is 1.64. The molecule has 0 aromatic carbocycles. The lowest BCUT2D eigenvalue weighted by Gasteiger charge is -2.10. The number of anilines is 1. The molecule has 0 unspecified atom stereocenters. The van der Waals surface area contributed by atoms with Crippen LogP contribution >= 0.6 is 0 Å². The largest absolute Gasteiger partial charge is 0.366 e. The fourth-order valence-electron chi connectivity index (χ4n) is 1.64. The summed E-state index contributed by atoms with van der Waals surface area (Å²) in [6.45, 7) is 2.98. The van der Waals surface area contributed by atoms with E-state index in [1.54, 1.807) is 0 Å². The summed E-state index contributed by atoms with van der Waals surface area (Å²) in [6.07, 6.45) is 10.7. The summed E-state index contributed by atoms with van der Waals surface area (Å²) in [4.78, 5) is 4.27. The number of allylic oxidation sites excluding steroid dienone is 3. The Balaban J connectivity index is 1.93. The summed E-state index contributed by atoms with van der Waals surface area (Å²) in [7, 11) is 0. The maximum atomic E-state index is 4.27. The maximum absolute atomic E-state index is 4.27. The van der Waals surface area contributed by atoms with Crippen molar-refractivity contribution < 1.29 is 0 Å². The molecule has 1 aromatic heterocycles. The Morgan fingerprint density at radius 2 is 2.40 bits per heavy atom. The average Bonchev–Trinajstić information content (AvgIpc) is 2.28. The Kier molecular flexibility index (Phi) is 3.18. The molecule has 0 amide bonds. The molecule has 2 nitrogen and oxygen atoms in total. The number of pyridine rings is 1. The molecule has 0 bridgehead atoms. The van der Waals surface area contributed by atoms with Crippen LogP contribution in [0.2, 0.25) is 0 Å². The van der Waals surface area contributed by atoms with E-state index in [-0.39, 0.29) is 0 Å². The fraction of sp³-hybridized carbons (Fsp3) is 0.308. The van der Waals surface area contributed by atoms with Crippen molar-refractivity contribution in [3.8, 4) is 0 Å². The number of aromatic nitrogens is 1. The van der Waals surface area contributed by atoms with Gasteiger partial charge in [-0.15, -0.1) is 0 Å². The molecule has 1 aliphatic rings. The van der Waals surface area contributed by atoms with Gasteiger partial charge in [0.2, 0.25) is 0 Å². The molecule has 0 spiro atoms. The molecule has 0 atom stereocenters. The number of rotatable bonds is 3. The standard InChI is InChI=1S/C13H16N2/c1-11-7-8-14-13(9-11)15-10-12-5-3-2-4-6-12/h2-3,5,7-9H,4,6,10H2,1H3,(H,14,15). The van der Waals surface area contributed by atoms with Crippen LogP contribution in [0.1, 0.15) is 18.4 Å². The topological polar surface area (TPSA) is 24.9 Å². The third-order valence-corrected chi connectivity index (χ3v) is 2.51. The van der Waals surface area contributed by atoms with Gasteiger partial charge in [0.25, 0.3) is 0 Å². The van der Waals surface area contributed by atoms with Gasteiger partial charge in [-0.25, -0.2) is 4.98 Å². The predicted molar refractivity (Wildman–Crippen MR) is 63.9 cm³/mol. The highest BCUT2D eigenvalue weighted by Crippen LogP contribution is 2.13. The minimum Gasteiger partial charge on any atom is -0.366 e. The number of hydrogen-bond acceptors (Lipinski definition) is 2. The summed E-state index contributed by atoms with van der Waals surface area (Å²) in [5.74, 6) is 0.963. The first kappa shape index (κ1) is 9.97. The van der Waals surface area contributed by atoms with E-state index in [1.165, 1.54) is 11.1 Å². The molecular formula is C13H16N2. The Hall–Kier alpha value is -1.57. The van der Waals surface area contributed by atoms with Crippen LogP contribution in [0.25, 0.3) is 0 Å². The monoisotopic (exact) mass is 200 g/mol. The van der Waals surface area contributed by atoms with Crippen LogP contribution in [0.5, 0.6) is 0 Å². The first-order chi connectivity index (χ1) is 7.34. The van der Waals surface area contributed by atoms with Gasteiger partial charge in [-0.3, -0.25) is 0 Å². The van der Waals surface area contributed by atoms with E-state index < -0.39 is 0 Å². The van der Waals surface area contributed by atoms with Crippen LogP contribution in [-0.4, -0.2) is 11.5 Å². The second-order valence-corrected chi connectivity index (χ2v) is 3.86. The number of nitrogens with zero attached hydrogens (tertiary/aromatic N) is 1. The molecule has 78 valence electrons. The first-order valence-electron chi connectivity index (χ1n) is 5.36. The molecule has 0 radical (unpaired) electrons. The lowest BCUT2D eigenvalue weighted by molar-refractivity contribution is 0.930. The van der Waals surface area contributed by atoms with Crippen LogP contribution < -0.4 is 5.32 Å². The van der Waals surface area contributed by atoms with Crippen LogP contribution in [0, 0.1) is 6.92 Å². The SMILES string of the molecule is Cc1ccnc(NCC2=CC=CCC2)c1. The molecule has 0 fully saturated rings.